The van der Waals surface area contributed by atoms with E-state index in [2.05, 4.69) is 4.98 Å². The summed E-state index contributed by atoms with van der Waals surface area (Å²) in [5, 5.41) is -0.461. The van der Waals surface area contributed by atoms with E-state index >= 15 is 0 Å². The van der Waals surface area contributed by atoms with Crippen LogP contribution in [0, 0.1) is 11.7 Å². The molecule has 1 aliphatic carbocycles. The smallest absolute Gasteiger partial charge is 0.167 e. The Balaban J connectivity index is 2.16. The molecule has 0 saturated heterocycles. The zero-order valence-corrected chi connectivity index (χ0v) is 11.5. The first-order valence-electron chi connectivity index (χ1n) is 6.21. The van der Waals surface area contributed by atoms with Gasteiger partial charge in [0.1, 0.15) is 15.7 Å². The van der Waals surface area contributed by atoms with Crippen LogP contribution in [0.15, 0.2) is 18.5 Å². The van der Waals surface area contributed by atoms with E-state index in [1.54, 1.807) is 0 Å². The minimum absolute atomic E-state index is 0.208. The number of hydrogen-bond donors (Lipinski definition) is 0. The largest absolute Gasteiger partial charge is 0.294 e. The number of pyridine rings is 1. The molecule has 19 heavy (non-hydrogen) atoms. The Bertz CT molecular complexity index is 585. The summed E-state index contributed by atoms with van der Waals surface area (Å²) >= 11 is 0. The molecule has 0 radical (unpaired) electrons. The van der Waals surface area contributed by atoms with Gasteiger partial charge in [0.2, 0.25) is 0 Å². The lowest BCUT2D eigenvalue weighted by atomic mass is 9.84. The fourth-order valence-corrected chi connectivity index (χ4v) is 3.73. The number of aromatic nitrogens is 1. The van der Waals surface area contributed by atoms with Gasteiger partial charge in [-0.3, -0.25) is 9.78 Å². The molecule has 0 aromatic carbocycles. The number of sulfone groups is 1. The van der Waals surface area contributed by atoms with E-state index in [1.165, 1.54) is 12.5 Å². The highest BCUT2D eigenvalue weighted by Gasteiger charge is 2.32. The first-order valence-corrected chi connectivity index (χ1v) is 8.17. The average Bonchev–Trinajstić information content (AvgIpc) is 2.37. The molecule has 2 atom stereocenters. The molecule has 0 amide bonds. The molecule has 0 aliphatic heterocycles. The molecule has 1 saturated carbocycles. The monoisotopic (exact) mass is 285 g/mol. The molecule has 1 aromatic heterocycles. The van der Waals surface area contributed by atoms with Crippen LogP contribution in [0.25, 0.3) is 0 Å². The number of ketones is 1. The van der Waals surface area contributed by atoms with Crippen LogP contribution in [0.4, 0.5) is 4.39 Å². The van der Waals surface area contributed by atoms with Crippen LogP contribution >= 0.6 is 0 Å². The average molecular weight is 285 g/mol. The van der Waals surface area contributed by atoms with Crippen molar-refractivity contribution < 1.29 is 17.6 Å². The number of rotatable bonds is 3. The van der Waals surface area contributed by atoms with Crippen molar-refractivity contribution >= 4 is 15.6 Å². The first kappa shape index (κ1) is 14.1. The zero-order valence-electron chi connectivity index (χ0n) is 10.7. The second kappa shape index (κ2) is 5.36. The minimum atomic E-state index is -3.12. The maximum absolute atomic E-state index is 13.1. The van der Waals surface area contributed by atoms with Crippen LogP contribution < -0.4 is 0 Å². The fourth-order valence-electron chi connectivity index (χ4n) is 2.55. The number of Topliss-reactive ketones (excluding diaryl/α,β-unsaturated/α-hetero) is 1. The lowest BCUT2D eigenvalue weighted by Gasteiger charge is -2.26. The standard InChI is InChI=1S/C13H16FNO3S/c1-19(17,18)12-4-2-3-9(6-12)13(16)10-5-11(14)8-15-7-10/h5,7-9,12H,2-4,6H2,1H3. The molecule has 1 fully saturated rings. The van der Waals surface area contributed by atoms with Crippen molar-refractivity contribution in [2.24, 2.45) is 5.92 Å². The molecule has 0 spiro atoms. The Morgan fingerprint density at radius 2 is 2.11 bits per heavy atom. The van der Waals surface area contributed by atoms with E-state index in [4.69, 9.17) is 0 Å². The summed E-state index contributed by atoms with van der Waals surface area (Å²) in [5.74, 6) is -1.11. The van der Waals surface area contributed by atoms with Crippen molar-refractivity contribution in [1.29, 1.82) is 0 Å². The highest BCUT2D eigenvalue weighted by Crippen LogP contribution is 2.30. The molecular formula is C13H16FNO3S. The van der Waals surface area contributed by atoms with E-state index in [1.807, 2.05) is 0 Å². The van der Waals surface area contributed by atoms with Gasteiger partial charge in [-0.1, -0.05) is 6.42 Å². The van der Waals surface area contributed by atoms with E-state index in [0.29, 0.717) is 25.7 Å². The maximum atomic E-state index is 13.1. The SMILES string of the molecule is CS(=O)(=O)C1CCCC(C(=O)c2cncc(F)c2)C1. The highest BCUT2D eigenvalue weighted by atomic mass is 32.2. The van der Waals surface area contributed by atoms with Gasteiger partial charge in [-0.05, 0) is 25.3 Å². The summed E-state index contributed by atoms with van der Waals surface area (Å²) < 4.78 is 36.2. The second-order valence-electron chi connectivity index (χ2n) is 5.07. The predicted molar refractivity (Wildman–Crippen MR) is 69.1 cm³/mol. The number of nitrogens with zero attached hydrogens (tertiary/aromatic N) is 1. The van der Waals surface area contributed by atoms with Gasteiger partial charge in [-0.2, -0.15) is 0 Å². The van der Waals surface area contributed by atoms with E-state index < -0.39 is 20.9 Å². The second-order valence-corrected chi connectivity index (χ2v) is 7.40. The Hall–Kier alpha value is -1.30. The van der Waals surface area contributed by atoms with Crippen LogP contribution in [-0.2, 0) is 9.84 Å². The summed E-state index contributed by atoms with van der Waals surface area (Å²) in [7, 11) is -3.12. The van der Waals surface area contributed by atoms with Crippen LogP contribution in [0.2, 0.25) is 0 Å². The van der Waals surface area contributed by atoms with E-state index in [-0.39, 0.29) is 17.3 Å². The van der Waals surface area contributed by atoms with Crippen molar-refractivity contribution in [2.75, 3.05) is 6.26 Å². The van der Waals surface area contributed by atoms with Crippen molar-refractivity contribution in [3.05, 3.63) is 29.8 Å². The third-order valence-electron chi connectivity index (χ3n) is 3.59. The Morgan fingerprint density at radius 3 is 2.74 bits per heavy atom. The van der Waals surface area contributed by atoms with Crippen molar-refractivity contribution in [2.45, 2.75) is 30.9 Å². The predicted octanol–water partition coefficient (Wildman–Crippen LogP) is 2.01. The highest BCUT2D eigenvalue weighted by molar-refractivity contribution is 7.91. The van der Waals surface area contributed by atoms with Gasteiger partial charge in [-0.25, -0.2) is 12.8 Å². The molecule has 1 aromatic rings. The summed E-state index contributed by atoms with van der Waals surface area (Å²) in [4.78, 5) is 15.9. The van der Waals surface area contributed by atoms with Crippen LogP contribution in [0.1, 0.15) is 36.0 Å². The Morgan fingerprint density at radius 1 is 1.37 bits per heavy atom. The summed E-state index contributed by atoms with van der Waals surface area (Å²) in [5.41, 5.74) is 0.221. The summed E-state index contributed by atoms with van der Waals surface area (Å²) in [6.45, 7) is 0. The minimum Gasteiger partial charge on any atom is -0.294 e. The molecule has 0 N–H and O–H groups in total. The quantitative estimate of drug-likeness (QED) is 0.797. The van der Waals surface area contributed by atoms with Gasteiger partial charge in [0.05, 0.1) is 11.4 Å². The number of carbonyl (C=O) groups excluding carboxylic acids is 1. The van der Waals surface area contributed by atoms with Crippen LogP contribution in [0.3, 0.4) is 0 Å². The van der Waals surface area contributed by atoms with Gasteiger partial charge in [0, 0.05) is 23.9 Å². The first-order chi connectivity index (χ1) is 8.88. The number of carbonyl (C=O) groups is 1. The van der Waals surface area contributed by atoms with E-state index in [9.17, 15) is 17.6 Å². The molecule has 4 nitrogen and oxygen atoms in total. The molecular weight excluding hydrogens is 269 g/mol. The lowest BCUT2D eigenvalue weighted by molar-refractivity contribution is 0.0890. The third-order valence-corrected chi connectivity index (χ3v) is 5.23. The van der Waals surface area contributed by atoms with Gasteiger partial charge in [0.15, 0.2) is 5.78 Å². The van der Waals surface area contributed by atoms with Gasteiger partial charge < -0.3 is 0 Å². The molecule has 2 unspecified atom stereocenters. The molecule has 0 bridgehead atoms. The van der Waals surface area contributed by atoms with E-state index in [0.717, 1.165) is 12.3 Å². The van der Waals surface area contributed by atoms with Crippen LogP contribution in [0.5, 0.6) is 0 Å². The van der Waals surface area contributed by atoms with Crippen molar-refractivity contribution in [3.8, 4) is 0 Å². The van der Waals surface area contributed by atoms with Gasteiger partial charge in [-0.15, -0.1) is 0 Å². The number of halogens is 1. The molecule has 104 valence electrons. The van der Waals surface area contributed by atoms with Gasteiger partial charge in [0.25, 0.3) is 0 Å². The Labute approximate surface area is 112 Å². The lowest BCUT2D eigenvalue weighted by Crippen LogP contribution is -2.31. The van der Waals surface area contributed by atoms with Gasteiger partial charge >= 0.3 is 0 Å². The van der Waals surface area contributed by atoms with Crippen molar-refractivity contribution in [3.63, 3.8) is 0 Å². The molecule has 1 heterocycles. The normalized spacial score (nSPS) is 24.1. The molecule has 1 aliphatic rings. The maximum Gasteiger partial charge on any atom is 0.167 e. The van der Waals surface area contributed by atoms with Crippen LogP contribution in [-0.4, -0.2) is 30.7 Å². The van der Waals surface area contributed by atoms with Crippen molar-refractivity contribution in [1.82, 2.24) is 4.98 Å². The zero-order chi connectivity index (χ0) is 14.0. The topological polar surface area (TPSA) is 64.1 Å². The molecule has 2 rings (SSSR count). The Kier molecular flexibility index (Phi) is 3.99. The summed E-state index contributed by atoms with van der Waals surface area (Å²) in [6.07, 6.45) is 5.86. The third kappa shape index (κ3) is 3.37. The summed E-state index contributed by atoms with van der Waals surface area (Å²) in [6, 6.07) is 1.15. The molecule has 6 heteroatoms. The number of hydrogen-bond acceptors (Lipinski definition) is 4. The fraction of sp³-hybridized carbons (Fsp3) is 0.538.